The molecule has 1 fully saturated rings. The highest BCUT2D eigenvalue weighted by atomic mass is 32.2. The Balaban J connectivity index is 2.30. The van der Waals surface area contributed by atoms with E-state index in [4.69, 9.17) is 10.5 Å². The topological polar surface area (TPSA) is 68.5 Å². The summed E-state index contributed by atoms with van der Waals surface area (Å²) >= 11 is 1.94. The van der Waals surface area contributed by atoms with Crippen molar-refractivity contribution in [3.8, 4) is 0 Å². The van der Waals surface area contributed by atoms with Crippen molar-refractivity contribution >= 4 is 29.2 Å². The molecular weight excluding hydrogens is 262 g/mol. The Hall–Kier alpha value is -1.43. The van der Waals surface area contributed by atoms with E-state index in [0.717, 1.165) is 18.8 Å². The summed E-state index contributed by atoms with van der Waals surface area (Å²) in [5, 5.41) is 0. The molecule has 6 heteroatoms. The van der Waals surface area contributed by atoms with Gasteiger partial charge < -0.3 is 15.4 Å². The Morgan fingerprint density at radius 2 is 2.26 bits per heavy atom. The third-order valence-corrected chi connectivity index (χ3v) is 4.32. The van der Waals surface area contributed by atoms with Gasteiger partial charge in [0, 0.05) is 23.6 Å². The highest BCUT2D eigenvalue weighted by Crippen LogP contribution is 2.33. The van der Waals surface area contributed by atoms with Crippen LogP contribution >= 0.6 is 11.8 Å². The summed E-state index contributed by atoms with van der Waals surface area (Å²) in [6.45, 7) is 6.14. The van der Waals surface area contributed by atoms with Crippen molar-refractivity contribution in [2.24, 2.45) is 0 Å². The summed E-state index contributed by atoms with van der Waals surface area (Å²) in [6.07, 6.45) is 0. The minimum atomic E-state index is -0.438. The van der Waals surface area contributed by atoms with Crippen LogP contribution in [0.25, 0.3) is 0 Å². The lowest BCUT2D eigenvalue weighted by molar-refractivity contribution is 0.0594. The molecule has 1 aromatic rings. The molecule has 0 spiro atoms. The van der Waals surface area contributed by atoms with E-state index in [0.29, 0.717) is 17.2 Å². The molecule has 2 rings (SSSR count). The zero-order valence-electron chi connectivity index (χ0n) is 11.5. The average Bonchev–Trinajstić information content (AvgIpc) is 2.37. The standard InChI is InChI=1S/C13H19N3O2S/c1-13(2)8-16(6-7-19-13)11-9(14)4-5-10(15-11)12(17)18-3/h4-5H,6-8,14H2,1-3H3. The van der Waals surface area contributed by atoms with Crippen LogP contribution in [-0.2, 0) is 4.74 Å². The molecule has 0 aromatic carbocycles. The van der Waals surface area contributed by atoms with Gasteiger partial charge in [0.05, 0.1) is 12.8 Å². The molecule has 1 aliphatic heterocycles. The predicted octanol–water partition coefficient (Wildman–Crippen LogP) is 1.78. The fourth-order valence-electron chi connectivity index (χ4n) is 2.13. The Kier molecular flexibility index (Phi) is 3.89. The Morgan fingerprint density at radius 1 is 1.53 bits per heavy atom. The van der Waals surface area contributed by atoms with Gasteiger partial charge in [-0.1, -0.05) is 0 Å². The van der Waals surface area contributed by atoms with E-state index in [-0.39, 0.29) is 4.75 Å². The molecule has 0 aliphatic carbocycles. The quantitative estimate of drug-likeness (QED) is 0.833. The highest BCUT2D eigenvalue weighted by molar-refractivity contribution is 8.00. The normalized spacial score (nSPS) is 18.2. The molecular formula is C13H19N3O2S. The van der Waals surface area contributed by atoms with E-state index < -0.39 is 5.97 Å². The van der Waals surface area contributed by atoms with E-state index in [1.54, 1.807) is 12.1 Å². The van der Waals surface area contributed by atoms with Gasteiger partial charge in [-0.05, 0) is 26.0 Å². The van der Waals surface area contributed by atoms with E-state index in [9.17, 15) is 4.79 Å². The SMILES string of the molecule is COC(=O)c1ccc(N)c(N2CCSC(C)(C)C2)n1. The number of methoxy groups -OCH3 is 1. The summed E-state index contributed by atoms with van der Waals surface area (Å²) in [5.74, 6) is 1.26. The molecule has 104 valence electrons. The van der Waals surface area contributed by atoms with Crippen molar-refractivity contribution in [2.75, 3.05) is 36.6 Å². The van der Waals surface area contributed by atoms with Crippen molar-refractivity contribution in [1.29, 1.82) is 0 Å². The minimum absolute atomic E-state index is 0.160. The van der Waals surface area contributed by atoms with Crippen LogP contribution in [0.2, 0.25) is 0 Å². The molecule has 5 nitrogen and oxygen atoms in total. The van der Waals surface area contributed by atoms with Crippen molar-refractivity contribution < 1.29 is 9.53 Å². The first kappa shape index (κ1) is 14.0. The van der Waals surface area contributed by atoms with Crippen molar-refractivity contribution in [3.05, 3.63) is 17.8 Å². The molecule has 0 radical (unpaired) electrons. The molecule has 0 saturated carbocycles. The van der Waals surface area contributed by atoms with E-state index >= 15 is 0 Å². The summed E-state index contributed by atoms with van der Waals surface area (Å²) in [6, 6.07) is 3.30. The number of nitrogens with two attached hydrogens (primary N) is 1. The number of nitrogens with zero attached hydrogens (tertiary/aromatic N) is 2. The number of esters is 1. The number of aromatic nitrogens is 1. The number of carbonyl (C=O) groups excluding carboxylic acids is 1. The second-order valence-corrected chi connectivity index (χ2v) is 6.93. The number of hydrogen-bond acceptors (Lipinski definition) is 6. The third-order valence-electron chi connectivity index (χ3n) is 3.03. The van der Waals surface area contributed by atoms with Gasteiger partial charge >= 0.3 is 5.97 Å². The number of ether oxygens (including phenoxy) is 1. The zero-order chi connectivity index (χ0) is 14.0. The van der Waals surface area contributed by atoms with Gasteiger partial charge in [-0.3, -0.25) is 0 Å². The second kappa shape index (κ2) is 5.28. The van der Waals surface area contributed by atoms with Crippen LogP contribution in [0.15, 0.2) is 12.1 Å². The lowest BCUT2D eigenvalue weighted by Crippen LogP contribution is -2.44. The number of hydrogen-bond donors (Lipinski definition) is 1. The molecule has 0 atom stereocenters. The van der Waals surface area contributed by atoms with E-state index in [2.05, 4.69) is 23.7 Å². The third kappa shape index (κ3) is 3.12. The molecule has 1 aromatic heterocycles. The highest BCUT2D eigenvalue weighted by Gasteiger charge is 2.29. The predicted molar refractivity (Wildman–Crippen MR) is 78.7 cm³/mol. The van der Waals surface area contributed by atoms with Crippen molar-refractivity contribution in [3.63, 3.8) is 0 Å². The van der Waals surface area contributed by atoms with Gasteiger partial charge in [0.2, 0.25) is 0 Å². The van der Waals surface area contributed by atoms with Gasteiger partial charge in [0.15, 0.2) is 11.5 Å². The van der Waals surface area contributed by atoms with Gasteiger partial charge in [-0.2, -0.15) is 11.8 Å². The van der Waals surface area contributed by atoms with Crippen LogP contribution in [0.5, 0.6) is 0 Å². The van der Waals surface area contributed by atoms with Crippen LogP contribution < -0.4 is 10.6 Å². The van der Waals surface area contributed by atoms with E-state index in [1.165, 1.54) is 7.11 Å². The number of thioether (sulfide) groups is 1. The van der Waals surface area contributed by atoms with Crippen LogP contribution in [-0.4, -0.2) is 41.7 Å². The lowest BCUT2D eigenvalue weighted by Gasteiger charge is -2.38. The maximum Gasteiger partial charge on any atom is 0.356 e. The fraction of sp³-hybridized carbons (Fsp3) is 0.538. The molecule has 0 amide bonds. The number of rotatable bonds is 2. The minimum Gasteiger partial charge on any atom is -0.464 e. The summed E-state index contributed by atoms with van der Waals surface area (Å²) in [4.78, 5) is 18.0. The lowest BCUT2D eigenvalue weighted by atomic mass is 10.1. The second-order valence-electron chi connectivity index (χ2n) is 5.13. The van der Waals surface area contributed by atoms with Gasteiger partial charge in [0.25, 0.3) is 0 Å². The van der Waals surface area contributed by atoms with Crippen molar-refractivity contribution in [2.45, 2.75) is 18.6 Å². The van der Waals surface area contributed by atoms with Crippen LogP contribution in [0.4, 0.5) is 11.5 Å². The first-order chi connectivity index (χ1) is 8.93. The first-order valence-electron chi connectivity index (χ1n) is 6.17. The van der Waals surface area contributed by atoms with Gasteiger partial charge in [0.1, 0.15) is 0 Å². The molecule has 0 bridgehead atoms. The summed E-state index contributed by atoms with van der Waals surface area (Å²) in [7, 11) is 1.35. The number of anilines is 2. The molecule has 0 unspecified atom stereocenters. The monoisotopic (exact) mass is 281 g/mol. The van der Waals surface area contributed by atoms with Crippen molar-refractivity contribution in [1.82, 2.24) is 4.98 Å². The van der Waals surface area contributed by atoms with E-state index in [1.807, 2.05) is 11.8 Å². The summed E-state index contributed by atoms with van der Waals surface area (Å²) in [5.41, 5.74) is 6.87. The smallest absolute Gasteiger partial charge is 0.356 e. The molecule has 2 N–H and O–H groups in total. The molecule has 19 heavy (non-hydrogen) atoms. The van der Waals surface area contributed by atoms with Crippen LogP contribution in [0, 0.1) is 0 Å². The largest absolute Gasteiger partial charge is 0.464 e. The number of pyridine rings is 1. The first-order valence-corrected chi connectivity index (χ1v) is 7.15. The average molecular weight is 281 g/mol. The molecule has 1 aliphatic rings. The Bertz CT molecular complexity index is 491. The molecule has 2 heterocycles. The maximum atomic E-state index is 11.5. The number of nitrogen functional groups attached to an aromatic ring is 1. The Labute approximate surface area is 117 Å². The van der Waals surface area contributed by atoms with Gasteiger partial charge in [-0.25, -0.2) is 9.78 Å². The molecule has 1 saturated heterocycles. The Morgan fingerprint density at radius 3 is 2.89 bits per heavy atom. The maximum absolute atomic E-state index is 11.5. The fourth-order valence-corrected chi connectivity index (χ4v) is 3.24. The van der Waals surface area contributed by atoms with Gasteiger partial charge in [-0.15, -0.1) is 0 Å². The van der Waals surface area contributed by atoms with Crippen LogP contribution in [0.3, 0.4) is 0 Å². The number of carbonyl (C=O) groups is 1. The summed E-state index contributed by atoms with van der Waals surface area (Å²) < 4.78 is 4.85. The zero-order valence-corrected chi connectivity index (χ0v) is 12.3. The van der Waals surface area contributed by atoms with Crippen LogP contribution in [0.1, 0.15) is 24.3 Å².